The molecule has 0 radical (unpaired) electrons. The molecule has 1 atom stereocenters. The van der Waals surface area contributed by atoms with Crippen LogP contribution >= 0.6 is 0 Å². The third-order valence-corrected chi connectivity index (χ3v) is 3.13. The average Bonchev–Trinajstić information content (AvgIpc) is 2.21. The zero-order chi connectivity index (χ0) is 8.23. The highest BCUT2D eigenvalue weighted by atomic mass is 16.5. The maximum absolute atomic E-state index is 5.49. The molecule has 70 valence electrons. The van der Waals surface area contributed by atoms with Gasteiger partial charge < -0.3 is 9.47 Å². The van der Waals surface area contributed by atoms with Crippen molar-refractivity contribution < 1.29 is 9.47 Å². The van der Waals surface area contributed by atoms with Crippen molar-refractivity contribution >= 4 is 0 Å². The normalized spacial score (nSPS) is 33.5. The molecule has 2 saturated heterocycles. The molecule has 2 rings (SSSR count). The Labute approximate surface area is 74.2 Å². The second-order valence-corrected chi connectivity index (χ2v) is 3.93. The smallest absolute Gasteiger partial charge is 0.0496 e. The molecule has 0 spiro atoms. The van der Waals surface area contributed by atoms with Gasteiger partial charge in [-0.2, -0.15) is 0 Å². The molecule has 2 heteroatoms. The van der Waals surface area contributed by atoms with Crippen LogP contribution in [0.1, 0.15) is 25.7 Å². The topological polar surface area (TPSA) is 18.5 Å². The highest BCUT2D eigenvalue weighted by Gasteiger charge is 2.25. The third-order valence-electron chi connectivity index (χ3n) is 3.13. The number of rotatable bonds is 1. The molecule has 2 nitrogen and oxygen atoms in total. The molecule has 0 N–H and O–H groups in total. The van der Waals surface area contributed by atoms with E-state index in [0.29, 0.717) is 0 Å². The van der Waals surface area contributed by atoms with Crippen molar-refractivity contribution in [3.63, 3.8) is 0 Å². The van der Waals surface area contributed by atoms with E-state index in [1.807, 2.05) is 0 Å². The lowest BCUT2D eigenvalue weighted by atomic mass is 9.83. The highest BCUT2D eigenvalue weighted by molar-refractivity contribution is 4.74. The number of hydrogen-bond acceptors (Lipinski definition) is 2. The first-order valence-corrected chi connectivity index (χ1v) is 5.12. The molecule has 0 saturated carbocycles. The summed E-state index contributed by atoms with van der Waals surface area (Å²) >= 11 is 0. The molecule has 2 aliphatic rings. The van der Waals surface area contributed by atoms with Gasteiger partial charge in [-0.3, -0.25) is 0 Å². The van der Waals surface area contributed by atoms with E-state index in [1.54, 1.807) is 0 Å². The highest BCUT2D eigenvalue weighted by Crippen LogP contribution is 2.29. The third kappa shape index (κ3) is 1.99. The van der Waals surface area contributed by atoms with Crippen LogP contribution in [0.15, 0.2) is 0 Å². The molecule has 0 aromatic rings. The molecule has 0 aliphatic carbocycles. The Morgan fingerprint density at radius 1 is 0.750 bits per heavy atom. The van der Waals surface area contributed by atoms with Crippen LogP contribution in [-0.2, 0) is 9.47 Å². The minimum absolute atomic E-state index is 0.836. The lowest BCUT2D eigenvalue weighted by molar-refractivity contribution is -0.0106. The summed E-state index contributed by atoms with van der Waals surface area (Å²) in [5.41, 5.74) is 0. The summed E-state index contributed by atoms with van der Waals surface area (Å²) in [6.45, 7) is 3.94. The van der Waals surface area contributed by atoms with Crippen molar-refractivity contribution in [2.24, 2.45) is 11.8 Å². The molecule has 2 fully saturated rings. The van der Waals surface area contributed by atoms with Crippen molar-refractivity contribution in [3.8, 4) is 0 Å². The minimum Gasteiger partial charge on any atom is -0.381 e. The van der Waals surface area contributed by atoms with E-state index in [4.69, 9.17) is 9.47 Å². The van der Waals surface area contributed by atoms with E-state index in [0.717, 1.165) is 38.3 Å². The van der Waals surface area contributed by atoms with Crippen molar-refractivity contribution in [1.29, 1.82) is 0 Å². The molecule has 2 heterocycles. The summed E-state index contributed by atoms with van der Waals surface area (Å²) in [6.07, 6.45) is 5.16. The fraction of sp³-hybridized carbons (Fsp3) is 1.00. The van der Waals surface area contributed by atoms with Gasteiger partial charge in [0.1, 0.15) is 0 Å². The standard InChI is InChI=1S/C10H18O2/c1-2-10(8-12-5-1)9-3-6-11-7-4-9/h9-10H,1-8H2. The van der Waals surface area contributed by atoms with Gasteiger partial charge in [-0.05, 0) is 37.5 Å². The van der Waals surface area contributed by atoms with E-state index >= 15 is 0 Å². The van der Waals surface area contributed by atoms with Crippen molar-refractivity contribution in [1.82, 2.24) is 0 Å². The van der Waals surface area contributed by atoms with Crippen molar-refractivity contribution in [2.75, 3.05) is 26.4 Å². The Bertz CT molecular complexity index is 108. The maximum Gasteiger partial charge on any atom is 0.0496 e. The largest absolute Gasteiger partial charge is 0.381 e. The SMILES string of the molecule is C1COCC(C2CCOCC2)C1. The molecule has 0 aromatic carbocycles. The lowest BCUT2D eigenvalue weighted by Crippen LogP contribution is -2.29. The Balaban J connectivity index is 1.80. The molecule has 1 unspecified atom stereocenters. The summed E-state index contributed by atoms with van der Waals surface area (Å²) in [5, 5.41) is 0. The average molecular weight is 170 g/mol. The fourth-order valence-corrected chi connectivity index (χ4v) is 2.32. The fourth-order valence-electron chi connectivity index (χ4n) is 2.32. The van der Waals surface area contributed by atoms with Crippen LogP contribution in [0.25, 0.3) is 0 Å². The van der Waals surface area contributed by atoms with Crippen LogP contribution in [0.5, 0.6) is 0 Å². The Morgan fingerprint density at radius 2 is 1.58 bits per heavy atom. The molecule has 12 heavy (non-hydrogen) atoms. The van der Waals surface area contributed by atoms with Crippen LogP contribution in [-0.4, -0.2) is 26.4 Å². The first-order chi connectivity index (χ1) is 5.97. The van der Waals surface area contributed by atoms with Gasteiger partial charge in [-0.15, -0.1) is 0 Å². The summed E-state index contributed by atoms with van der Waals surface area (Å²) < 4.78 is 10.8. The van der Waals surface area contributed by atoms with E-state index in [9.17, 15) is 0 Å². The molecule has 0 amide bonds. The monoisotopic (exact) mass is 170 g/mol. The molecule has 0 aromatic heterocycles. The number of hydrogen-bond donors (Lipinski definition) is 0. The van der Waals surface area contributed by atoms with Crippen molar-refractivity contribution in [3.05, 3.63) is 0 Å². The van der Waals surface area contributed by atoms with E-state index in [-0.39, 0.29) is 0 Å². The zero-order valence-electron chi connectivity index (χ0n) is 7.63. The summed E-state index contributed by atoms with van der Waals surface area (Å²) in [5.74, 6) is 1.72. The molecular formula is C10H18O2. The van der Waals surface area contributed by atoms with Crippen LogP contribution in [0, 0.1) is 11.8 Å². The van der Waals surface area contributed by atoms with Crippen LogP contribution < -0.4 is 0 Å². The molecule has 2 aliphatic heterocycles. The van der Waals surface area contributed by atoms with Gasteiger partial charge in [0.15, 0.2) is 0 Å². The van der Waals surface area contributed by atoms with Gasteiger partial charge in [0.05, 0.1) is 0 Å². The van der Waals surface area contributed by atoms with E-state index in [1.165, 1.54) is 25.7 Å². The minimum atomic E-state index is 0.836. The predicted molar refractivity (Wildman–Crippen MR) is 47.1 cm³/mol. The Hall–Kier alpha value is -0.0800. The summed E-state index contributed by atoms with van der Waals surface area (Å²) in [6, 6.07) is 0. The quantitative estimate of drug-likeness (QED) is 0.598. The van der Waals surface area contributed by atoms with Gasteiger partial charge in [0.25, 0.3) is 0 Å². The second-order valence-electron chi connectivity index (χ2n) is 3.93. The Kier molecular flexibility index (Phi) is 3.01. The van der Waals surface area contributed by atoms with Crippen LogP contribution in [0.3, 0.4) is 0 Å². The second kappa shape index (κ2) is 4.24. The Morgan fingerprint density at radius 3 is 2.25 bits per heavy atom. The van der Waals surface area contributed by atoms with Gasteiger partial charge >= 0.3 is 0 Å². The van der Waals surface area contributed by atoms with Gasteiger partial charge in [-0.1, -0.05) is 0 Å². The van der Waals surface area contributed by atoms with E-state index in [2.05, 4.69) is 0 Å². The zero-order valence-corrected chi connectivity index (χ0v) is 7.63. The molecule has 0 bridgehead atoms. The van der Waals surface area contributed by atoms with Crippen molar-refractivity contribution in [2.45, 2.75) is 25.7 Å². The van der Waals surface area contributed by atoms with Gasteiger partial charge in [-0.25, -0.2) is 0 Å². The summed E-state index contributed by atoms with van der Waals surface area (Å²) in [4.78, 5) is 0. The lowest BCUT2D eigenvalue weighted by Gasteiger charge is -2.32. The van der Waals surface area contributed by atoms with Gasteiger partial charge in [0.2, 0.25) is 0 Å². The first-order valence-electron chi connectivity index (χ1n) is 5.12. The maximum atomic E-state index is 5.49. The predicted octanol–water partition coefficient (Wildman–Crippen LogP) is 1.84. The van der Waals surface area contributed by atoms with Gasteiger partial charge in [0, 0.05) is 26.4 Å². The first kappa shape index (κ1) is 8.52. The summed E-state index contributed by atoms with van der Waals surface area (Å²) in [7, 11) is 0. The molecular weight excluding hydrogens is 152 g/mol. The number of ether oxygens (including phenoxy) is 2. The van der Waals surface area contributed by atoms with Crippen LogP contribution in [0.4, 0.5) is 0 Å². The van der Waals surface area contributed by atoms with Crippen LogP contribution in [0.2, 0.25) is 0 Å². The van der Waals surface area contributed by atoms with E-state index < -0.39 is 0 Å².